The summed E-state index contributed by atoms with van der Waals surface area (Å²) in [5, 5.41) is 11.1. The summed E-state index contributed by atoms with van der Waals surface area (Å²) in [6, 6.07) is 3.08. The highest BCUT2D eigenvalue weighted by Gasteiger charge is 2.42. The third kappa shape index (κ3) is 2.34. The zero-order chi connectivity index (χ0) is 16.2. The van der Waals surface area contributed by atoms with Crippen molar-refractivity contribution in [3.05, 3.63) is 33.7 Å². The SMILES string of the molecule is CC(C)(O)C1Cc2[nH]c3ccc(F)c(Br)c3c2CC1C(N)=O. The van der Waals surface area contributed by atoms with E-state index in [1.54, 1.807) is 19.9 Å². The van der Waals surface area contributed by atoms with Crippen LogP contribution in [0.1, 0.15) is 25.1 Å². The van der Waals surface area contributed by atoms with Gasteiger partial charge in [0.05, 0.1) is 10.1 Å². The fourth-order valence-corrected chi connectivity index (χ4v) is 4.09. The van der Waals surface area contributed by atoms with Gasteiger partial charge in [-0.15, -0.1) is 0 Å². The molecule has 0 spiro atoms. The number of nitrogens with one attached hydrogen (secondary N) is 1. The standard InChI is InChI=1S/C16H18BrFN2O2/c1-16(2,22)9-6-12-8(5-7(9)15(19)21)13-11(20-12)4-3-10(18)14(13)17/h3-4,7,9,20,22H,5-6H2,1-2H3,(H2,19,21). The van der Waals surface area contributed by atoms with Crippen LogP contribution in [0.4, 0.5) is 4.39 Å². The third-order valence-corrected chi connectivity index (χ3v) is 5.43. The Morgan fingerprint density at radius 2 is 2.14 bits per heavy atom. The van der Waals surface area contributed by atoms with Crippen molar-refractivity contribution >= 4 is 32.7 Å². The van der Waals surface area contributed by atoms with Gasteiger partial charge in [0.15, 0.2) is 0 Å². The predicted molar refractivity (Wildman–Crippen MR) is 85.8 cm³/mol. The molecule has 0 saturated heterocycles. The number of hydrogen-bond donors (Lipinski definition) is 3. The number of benzene rings is 1. The van der Waals surface area contributed by atoms with E-state index in [0.29, 0.717) is 17.3 Å². The van der Waals surface area contributed by atoms with E-state index >= 15 is 0 Å². The number of hydrogen-bond acceptors (Lipinski definition) is 2. The smallest absolute Gasteiger partial charge is 0.221 e. The Bertz CT molecular complexity index is 764. The molecule has 2 aromatic rings. The van der Waals surface area contributed by atoms with E-state index in [1.807, 2.05) is 0 Å². The van der Waals surface area contributed by atoms with Crippen molar-refractivity contribution in [2.45, 2.75) is 32.3 Å². The van der Waals surface area contributed by atoms with Crippen LogP contribution in [0.25, 0.3) is 10.9 Å². The highest BCUT2D eigenvalue weighted by molar-refractivity contribution is 9.10. The van der Waals surface area contributed by atoms with Crippen molar-refractivity contribution in [2.24, 2.45) is 17.6 Å². The highest BCUT2D eigenvalue weighted by Crippen LogP contribution is 2.41. The molecule has 0 fully saturated rings. The maximum Gasteiger partial charge on any atom is 0.221 e. The number of H-pyrrole nitrogens is 1. The Balaban J connectivity index is 2.18. The van der Waals surface area contributed by atoms with Gasteiger partial charge < -0.3 is 15.8 Å². The molecule has 0 radical (unpaired) electrons. The van der Waals surface area contributed by atoms with Gasteiger partial charge in [-0.3, -0.25) is 4.79 Å². The number of carbonyl (C=O) groups is 1. The lowest BCUT2D eigenvalue weighted by atomic mass is 9.70. The number of rotatable bonds is 2. The van der Waals surface area contributed by atoms with E-state index in [2.05, 4.69) is 20.9 Å². The number of nitrogens with two attached hydrogens (primary N) is 1. The van der Waals surface area contributed by atoms with E-state index in [1.165, 1.54) is 6.07 Å². The van der Waals surface area contributed by atoms with Crippen LogP contribution in [0, 0.1) is 17.7 Å². The monoisotopic (exact) mass is 368 g/mol. The van der Waals surface area contributed by atoms with Gasteiger partial charge in [-0.2, -0.15) is 0 Å². The van der Waals surface area contributed by atoms with E-state index < -0.39 is 17.4 Å². The Morgan fingerprint density at radius 1 is 1.45 bits per heavy atom. The van der Waals surface area contributed by atoms with Crippen molar-refractivity contribution in [2.75, 3.05) is 0 Å². The molecule has 1 heterocycles. The molecule has 2 atom stereocenters. The van der Waals surface area contributed by atoms with E-state index in [0.717, 1.165) is 22.2 Å². The van der Waals surface area contributed by atoms with Gasteiger partial charge in [-0.25, -0.2) is 4.39 Å². The molecule has 1 aliphatic rings. The summed E-state index contributed by atoms with van der Waals surface area (Å²) < 4.78 is 14.2. The molecule has 118 valence electrons. The predicted octanol–water partition coefficient (Wildman–Crippen LogP) is 2.66. The van der Waals surface area contributed by atoms with E-state index in [4.69, 9.17) is 5.73 Å². The molecular weight excluding hydrogens is 351 g/mol. The summed E-state index contributed by atoms with van der Waals surface area (Å²) >= 11 is 3.29. The van der Waals surface area contributed by atoms with Crippen LogP contribution >= 0.6 is 15.9 Å². The van der Waals surface area contributed by atoms with Crippen LogP contribution in [0.3, 0.4) is 0 Å². The molecule has 4 N–H and O–H groups in total. The second-order valence-electron chi connectivity index (χ2n) is 6.54. The number of aromatic nitrogens is 1. The number of primary amides is 1. The van der Waals surface area contributed by atoms with Crippen LogP contribution in [0.5, 0.6) is 0 Å². The zero-order valence-electron chi connectivity index (χ0n) is 12.4. The van der Waals surface area contributed by atoms with Crippen LogP contribution in [0.2, 0.25) is 0 Å². The molecule has 1 aromatic carbocycles. The fraction of sp³-hybridized carbons (Fsp3) is 0.438. The zero-order valence-corrected chi connectivity index (χ0v) is 14.0. The van der Waals surface area contributed by atoms with Crippen molar-refractivity contribution < 1.29 is 14.3 Å². The summed E-state index contributed by atoms with van der Waals surface area (Å²) in [6.45, 7) is 3.38. The second-order valence-corrected chi connectivity index (χ2v) is 7.34. The first-order valence-electron chi connectivity index (χ1n) is 7.19. The minimum Gasteiger partial charge on any atom is -0.390 e. The molecule has 22 heavy (non-hydrogen) atoms. The Kier molecular flexibility index (Phi) is 3.57. The van der Waals surface area contributed by atoms with Crippen LogP contribution in [0.15, 0.2) is 16.6 Å². The van der Waals surface area contributed by atoms with Gasteiger partial charge in [0.1, 0.15) is 5.82 Å². The first kappa shape index (κ1) is 15.5. The summed E-state index contributed by atoms with van der Waals surface area (Å²) in [6.07, 6.45) is 0.913. The number of halogens is 2. The molecule has 3 rings (SSSR count). The lowest BCUT2D eigenvalue weighted by Gasteiger charge is -2.37. The van der Waals surface area contributed by atoms with E-state index in [9.17, 15) is 14.3 Å². The van der Waals surface area contributed by atoms with Crippen LogP contribution < -0.4 is 5.73 Å². The maximum absolute atomic E-state index is 13.8. The molecular formula is C16H18BrFN2O2. The van der Waals surface area contributed by atoms with Crippen molar-refractivity contribution in [1.82, 2.24) is 4.98 Å². The molecule has 0 saturated carbocycles. The van der Waals surface area contributed by atoms with Gasteiger partial charge >= 0.3 is 0 Å². The summed E-state index contributed by atoms with van der Waals surface area (Å²) in [7, 11) is 0. The van der Waals surface area contributed by atoms with Crippen molar-refractivity contribution in [3.63, 3.8) is 0 Å². The molecule has 6 heteroatoms. The average Bonchev–Trinajstić information content (AvgIpc) is 2.78. The van der Waals surface area contributed by atoms with Gasteiger partial charge in [0.25, 0.3) is 0 Å². The van der Waals surface area contributed by atoms with Crippen LogP contribution in [-0.2, 0) is 17.6 Å². The van der Waals surface area contributed by atoms with Gasteiger partial charge in [-0.05, 0) is 60.3 Å². The molecule has 0 bridgehead atoms. The molecule has 0 aliphatic heterocycles. The third-order valence-electron chi connectivity index (χ3n) is 4.65. The normalized spacial score (nSPS) is 21.9. The summed E-state index contributed by atoms with van der Waals surface area (Å²) in [4.78, 5) is 15.1. The molecule has 1 aliphatic carbocycles. The first-order valence-corrected chi connectivity index (χ1v) is 7.98. The largest absolute Gasteiger partial charge is 0.390 e. The van der Waals surface area contributed by atoms with Crippen molar-refractivity contribution in [1.29, 1.82) is 0 Å². The lowest BCUT2D eigenvalue weighted by Crippen LogP contribution is -2.46. The highest BCUT2D eigenvalue weighted by atomic mass is 79.9. The number of carbonyl (C=O) groups excluding carboxylic acids is 1. The minimum absolute atomic E-state index is 0.269. The quantitative estimate of drug-likeness (QED) is 0.761. The van der Waals surface area contributed by atoms with Gasteiger partial charge in [0.2, 0.25) is 5.91 Å². The number of fused-ring (bicyclic) bond motifs is 3. The first-order chi connectivity index (χ1) is 10.2. The average molecular weight is 369 g/mol. The Labute approximate surface area is 136 Å². The van der Waals surface area contributed by atoms with Crippen molar-refractivity contribution in [3.8, 4) is 0 Å². The molecule has 1 amide bonds. The fourth-order valence-electron chi connectivity index (χ4n) is 3.50. The molecule has 4 nitrogen and oxygen atoms in total. The van der Waals surface area contributed by atoms with Gasteiger partial charge in [0, 0.05) is 28.4 Å². The Morgan fingerprint density at radius 3 is 2.73 bits per heavy atom. The second kappa shape index (κ2) is 5.06. The van der Waals surface area contributed by atoms with E-state index in [-0.39, 0.29) is 11.7 Å². The Hall–Kier alpha value is -1.40. The number of amides is 1. The minimum atomic E-state index is -1.02. The molecule has 1 aromatic heterocycles. The molecule has 2 unspecified atom stereocenters. The summed E-state index contributed by atoms with van der Waals surface area (Å²) in [5.74, 6) is -1.51. The van der Waals surface area contributed by atoms with Gasteiger partial charge in [-0.1, -0.05) is 0 Å². The summed E-state index contributed by atoms with van der Waals surface area (Å²) in [5.41, 5.74) is 7.19. The number of aromatic amines is 1. The van der Waals surface area contributed by atoms with Crippen LogP contribution in [-0.4, -0.2) is 21.6 Å². The maximum atomic E-state index is 13.8. The number of aliphatic hydroxyl groups is 1. The lowest BCUT2D eigenvalue weighted by molar-refractivity contribution is -0.128. The topological polar surface area (TPSA) is 79.1 Å².